The van der Waals surface area contributed by atoms with Gasteiger partial charge in [0.05, 0.1) is 67.6 Å². The van der Waals surface area contributed by atoms with Crippen molar-refractivity contribution < 1.29 is 75.8 Å². The fourth-order valence-electron chi connectivity index (χ4n) is 22.0. The van der Waals surface area contributed by atoms with Crippen LogP contribution in [0.3, 0.4) is 0 Å². The molecular weight excluding hydrogens is 1750 g/mol. The Balaban J connectivity index is 0.578. The second-order valence-electron chi connectivity index (χ2n) is 37.9. The van der Waals surface area contributed by atoms with E-state index in [-0.39, 0.29) is 54.3 Å². The molecule has 0 radical (unpaired) electrons. The Morgan fingerprint density at radius 2 is 0.243 bits per heavy atom. The van der Waals surface area contributed by atoms with Gasteiger partial charge in [-0.2, -0.15) is 0 Å². The highest BCUT2D eigenvalue weighted by Gasteiger charge is 2.52. The second-order valence-corrected chi connectivity index (χ2v) is 37.9. The van der Waals surface area contributed by atoms with E-state index in [0.717, 1.165) is 156 Å². The standard InChI is InChI=1S/C120H124N4O16/c1-125-77-133-113-57-65-117(66-58-113,137-81-129-5)105-45-25-93(26-46-105)97-33-53-109(121-73-97)110-54-34-98(74-122-110)94-27-47-107(48-28-94)119(139-83-131-7)69-61-115(62-70-119,135-79-127-3)103-41-21-91(22-42-103)87-13-15-88(16-14-87)92-23-43-104(44-24-92)116(136-80-128-4)63-71-120(72-64-116,140-84-132-8)108-51-31-96(32-52-108)100-36-56-112(124-76-100)111-55-35-99(75-123-111)95-29-49-106(50-30-95)118(138-82-130-6)67-59-114(60-68-118,134-78-126-2)102-39-19-90(20-40-102)86-11-9-85(10-12-86)89-17-37-101(113)38-18-89/h9-56,73-76H,57-72,77-84H2,1-8H3. The summed E-state index contributed by atoms with van der Waals surface area (Å²) in [4.78, 5) is 19.8. The topological polar surface area (TPSA) is 199 Å². The van der Waals surface area contributed by atoms with Gasteiger partial charge in [-0.3, -0.25) is 19.9 Å². The molecule has 20 nitrogen and oxygen atoms in total. The van der Waals surface area contributed by atoms with Gasteiger partial charge in [0.1, 0.15) is 54.3 Å². The van der Waals surface area contributed by atoms with Crippen molar-refractivity contribution in [1.82, 2.24) is 19.9 Å². The highest BCUT2D eigenvalue weighted by atomic mass is 16.7. The fraction of sp³-hybridized carbons (Fsp3) is 0.333. The zero-order chi connectivity index (χ0) is 96.0. The fourth-order valence-corrected chi connectivity index (χ4v) is 22.0. The molecule has 0 saturated heterocycles. The Bertz CT molecular complexity index is 5560. The van der Waals surface area contributed by atoms with E-state index >= 15 is 0 Å². The van der Waals surface area contributed by atoms with Crippen LogP contribution in [0.4, 0.5) is 0 Å². The average Bonchev–Trinajstić information content (AvgIpc) is 0.765. The van der Waals surface area contributed by atoms with Crippen LogP contribution in [0.15, 0.2) is 316 Å². The Morgan fingerprint density at radius 3 is 0.343 bits per heavy atom. The molecule has 10 aromatic carbocycles. The third-order valence-electron chi connectivity index (χ3n) is 30.4. The molecule has 10 heterocycles. The lowest BCUT2D eigenvalue weighted by molar-refractivity contribution is -0.203. The van der Waals surface area contributed by atoms with E-state index in [4.69, 9.17) is 95.7 Å². The van der Waals surface area contributed by atoms with Crippen LogP contribution in [0.2, 0.25) is 0 Å². The van der Waals surface area contributed by atoms with Crippen LogP contribution in [-0.4, -0.2) is 131 Å². The van der Waals surface area contributed by atoms with E-state index in [1.807, 2.05) is 49.1 Å². The van der Waals surface area contributed by atoms with E-state index < -0.39 is 44.8 Å². The molecular formula is C120H124N4O16. The first-order valence-corrected chi connectivity index (χ1v) is 48.6. The van der Waals surface area contributed by atoms with Gasteiger partial charge in [-0.25, -0.2) is 0 Å². The van der Waals surface area contributed by atoms with Crippen LogP contribution in [0.5, 0.6) is 0 Å². The molecule has 14 aromatic rings. The van der Waals surface area contributed by atoms with Gasteiger partial charge in [-0.05, 0) is 238 Å². The Morgan fingerprint density at radius 1 is 0.143 bits per heavy atom. The zero-order valence-electron chi connectivity index (χ0n) is 81.3. The van der Waals surface area contributed by atoms with Crippen molar-refractivity contribution in [3.63, 3.8) is 0 Å². The number of rotatable bonds is 24. The molecule has 46 rings (SSSR count). The van der Waals surface area contributed by atoms with Gasteiger partial charge in [-0.15, -0.1) is 0 Å². The van der Waals surface area contributed by atoms with Crippen molar-refractivity contribution in [2.45, 2.75) is 148 Å². The average molecular weight is 1880 g/mol. The van der Waals surface area contributed by atoms with Gasteiger partial charge in [0, 0.05) is 104 Å². The van der Waals surface area contributed by atoms with Crippen molar-refractivity contribution >= 4 is 0 Å². The van der Waals surface area contributed by atoms with Crippen molar-refractivity contribution in [2.75, 3.05) is 111 Å². The predicted octanol–water partition coefficient (Wildman–Crippen LogP) is 25.9. The van der Waals surface area contributed by atoms with Gasteiger partial charge >= 0.3 is 0 Å². The van der Waals surface area contributed by atoms with Crippen LogP contribution in [0.1, 0.15) is 147 Å². The Hall–Kier alpha value is -11.8. The molecule has 0 amide bonds. The molecule has 720 valence electrons. The smallest absolute Gasteiger partial charge is 0.147 e. The third kappa shape index (κ3) is 20.3. The van der Waals surface area contributed by atoms with Crippen LogP contribution in [-0.2, 0) is 121 Å². The van der Waals surface area contributed by atoms with Gasteiger partial charge in [0.25, 0.3) is 0 Å². The first-order valence-electron chi connectivity index (χ1n) is 48.6. The number of aromatic nitrogens is 4. The molecule has 0 atom stereocenters. The van der Waals surface area contributed by atoms with Crippen LogP contribution >= 0.6 is 0 Å². The number of ether oxygens (including phenoxy) is 16. The van der Waals surface area contributed by atoms with Crippen molar-refractivity contribution in [2.24, 2.45) is 0 Å². The van der Waals surface area contributed by atoms with Crippen LogP contribution < -0.4 is 0 Å². The summed E-state index contributed by atoms with van der Waals surface area (Å²) < 4.78 is 99.2. The molecule has 4 saturated carbocycles. The van der Waals surface area contributed by atoms with E-state index in [0.29, 0.717) is 103 Å². The summed E-state index contributed by atoms with van der Waals surface area (Å²) >= 11 is 0. The van der Waals surface area contributed by atoms with Crippen LogP contribution in [0.25, 0.3) is 112 Å². The van der Waals surface area contributed by atoms with Crippen molar-refractivity contribution in [1.29, 1.82) is 0 Å². The summed E-state index contributed by atoms with van der Waals surface area (Å²) in [5.74, 6) is 0. The van der Waals surface area contributed by atoms with Gasteiger partial charge in [-0.1, -0.05) is 267 Å². The zero-order valence-corrected chi connectivity index (χ0v) is 81.3. The monoisotopic (exact) mass is 1880 g/mol. The molecule has 36 bridgehead atoms. The summed E-state index contributed by atoms with van der Waals surface area (Å²) in [6.07, 6.45) is 18.8. The third-order valence-corrected chi connectivity index (χ3v) is 30.4. The van der Waals surface area contributed by atoms with Gasteiger partial charge in [0.2, 0.25) is 0 Å². The first-order chi connectivity index (χ1) is 68.6. The predicted molar refractivity (Wildman–Crippen MR) is 542 cm³/mol. The van der Waals surface area contributed by atoms with Gasteiger partial charge < -0.3 is 75.8 Å². The number of nitrogens with zero attached hydrogens (tertiary/aromatic N) is 4. The largest absolute Gasteiger partial charge is 0.359 e. The summed E-state index contributed by atoms with van der Waals surface area (Å²) in [5, 5.41) is 0. The quantitative estimate of drug-likeness (QED) is 0.0517. The van der Waals surface area contributed by atoms with Crippen molar-refractivity contribution in [3.8, 4) is 112 Å². The first kappa shape index (κ1) is 97.0. The maximum absolute atomic E-state index is 6.78. The molecule has 6 aliphatic heterocycles. The van der Waals surface area contributed by atoms with E-state index in [9.17, 15) is 0 Å². The molecule has 0 spiro atoms. The van der Waals surface area contributed by atoms with E-state index in [1.165, 1.54) is 0 Å². The summed E-state index contributed by atoms with van der Waals surface area (Å²) in [7, 11) is 13.4. The van der Waals surface area contributed by atoms with Crippen molar-refractivity contribution in [3.05, 3.63) is 360 Å². The highest BCUT2D eigenvalue weighted by Crippen LogP contribution is 2.56. The molecule has 26 aliphatic carbocycles. The lowest BCUT2D eigenvalue weighted by atomic mass is 9.70. The minimum Gasteiger partial charge on any atom is -0.359 e. The number of hydrogen-bond acceptors (Lipinski definition) is 20. The van der Waals surface area contributed by atoms with E-state index in [1.54, 1.807) is 56.9 Å². The molecule has 0 unspecified atom stereocenters. The highest BCUT2D eigenvalue weighted by molar-refractivity contribution is 5.75. The number of methoxy groups -OCH3 is 8. The lowest BCUT2D eigenvalue weighted by Crippen LogP contribution is -2.43. The summed E-state index contributed by atoms with van der Waals surface area (Å²) in [5.41, 5.74) is 23.9. The van der Waals surface area contributed by atoms with E-state index in [2.05, 4.69) is 267 Å². The second kappa shape index (κ2) is 43.3. The minimum absolute atomic E-state index is 0.149. The molecule has 4 aromatic heterocycles. The number of hydrogen-bond donors (Lipinski definition) is 0. The summed E-state index contributed by atoms with van der Waals surface area (Å²) in [6, 6.07) is 104. The maximum atomic E-state index is 6.78. The SMILES string of the molecule is COCOC12CCC(OCOC)(CC1)c1ccc(cc1)-c1ccc(nc1)-c1ccc(cn1)-c1ccc(cc1)C1(OCOC)CCC(OCOC)(CC1)c1ccc(cc1)-c1ccc(cc1)-c1ccc(cc1)C1(OCOC)CCC(OCOC)(CC1)c1ccc(cc1)-c1ccc(nc1)-c1ccc(cn1)-c1ccc(cc1)C1(OCOC)CCC(OCOC)(CC1)c1ccc(cc1)-c1ccc(cc1)-c1ccc2cc1. The molecule has 20 heteroatoms. The van der Waals surface area contributed by atoms with Gasteiger partial charge in [0.15, 0.2) is 0 Å². The minimum atomic E-state index is -0.620. The summed E-state index contributed by atoms with van der Waals surface area (Å²) in [6.45, 7) is 1.21. The number of pyridine rings is 4. The molecule has 0 N–H and O–H groups in total. The number of benzene rings is 10. The maximum Gasteiger partial charge on any atom is 0.147 e. The molecule has 140 heavy (non-hydrogen) atoms. The lowest BCUT2D eigenvalue weighted by Gasteiger charge is -2.46. The normalized spacial score (nSPS) is 22.7. The Kier molecular flexibility index (Phi) is 30.0. The Labute approximate surface area is 821 Å². The molecule has 4 fully saturated rings. The molecule has 32 aliphatic rings. The van der Waals surface area contributed by atoms with Crippen LogP contribution in [0, 0.1) is 0 Å².